The van der Waals surface area contributed by atoms with Crippen molar-refractivity contribution in [3.63, 3.8) is 0 Å². The molecule has 0 aliphatic heterocycles. The van der Waals surface area contributed by atoms with Gasteiger partial charge >= 0.3 is 6.18 Å². The van der Waals surface area contributed by atoms with E-state index in [4.69, 9.17) is 5.26 Å². The van der Waals surface area contributed by atoms with Gasteiger partial charge in [-0.15, -0.1) is 0 Å². The van der Waals surface area contributed by atoms with Crippen molar-refractivity contribution < 1.29 is 13.2 Å². The van der Waals surface area contributed by atoms with Gasteiger partial charge in [0.05, 0.1) is 11.6 Å². The Hall–Kier alpha value is -2.28. The highest BCUT2D eigenvalue weighted by Gasteiger charge is 2.36. The molecular formula is C14H8F3N. The molecule has 2 aliphatic carbocycles. The molecule has 0 aromatic carbocycles. The molecule has 18 heavy (non-hydrogen) atoms. The van der Waals surface area contributed by atoms with Crippen molar-refractivity contribution in [2.45, 2.75) is 6.18 Å². The van der Waals surface area contributed by atoms with Crippen LogP contribution >= 0.6 is 0 Å². The third-order valence-corrected chi connectivity index (χ3v) is 2.60. The van der Waals surface area contributed by atoms with Crippen LogP contribution in [0.15, 0.2) is 48.5 Å². The molecule has 0 radical (unpaired) electrons. The third kappa shape index (κ3) is 2.21. The monoisotopic (exact) mass is 247 g/mol. The number of hydrogen-bond donors (Lipinski definition) is 0. The van der Waals surface area contributed by atoms with Crippen LogP contribution < -0.4 is 0 Å². The van der Waals surface area contributed by atoms with E-state index < -0.39 is 11.7 Å². The van der Waals surface area contributed by atoms with Crippen LogP contribution in [0, 0.1) is 11.3 Å². The number of fused-ring (bicyclic) bond motifs is 1. The Balaban J connectivity index is 2.64. The molecule has 1 nitrogen and oxygen atoms in total. The van der Waals surface area contributed by atoms with Gasteiger partial charge < -0.3 is 0 Å². The Morgan fingerprint density at radius 1 is 1.06 bits per heavy atom. The minimum atomic E-state index is -4.54. The number of halogens is 3. The number of allylic oxidation sites excluding steroid dienone is 2. The van der Waals surface area contributed by atoms with Gasteiger partial charge in [0, 0.05) is 6.08 Å². The zero-order chi connectivity index (χ0) is 13.2. The topological polar surface area (TPSA) is 23.8 Å². The number of nitrogens with zero attached hydrogens (tertiary/aromatic N) is 1. The van der Waals surface area contributed by atoms with Crippen molar-refractivity contribution in [1.29, 1.82) is 5.26 Å². The van der Waals surface area contributed by atoms with Crippen molar-refractivity contribution in [1.82, 2.24) is 0 Å². The maximum atomic E-state index is 12.9. The Kier molecular flexibility index (Phi) is 3.07. The maximum Gasteiger partial charge on any atom is 0.417 e. The number of nitriles is 1. The zero-order valence-corrected chi connectivity index (χ0v) is 9.20. The molecule has 0 spiro atoms. The van der Waals surface area contributed by atoms with Crippen LogP contribution in [0.4, 0.5) is 13.2 Å². The highest BCUT2D eigenvalue weighted by Crippen LogP contribution is 2.40. The summed E-state index contributed by atoms with van der Waals surface area (Å²) in [4.78, 5) is 0. The molecule has 2 rings (SSSR count). The van der Waals surface area contributed by atoms with Gasteiger partial charge in [0.15, 0.2) is 0 Å². The lowest BCUT2D eigenvalue weighted by Gasteiger charge is -2.10. The predicted octanol–water partition coefficient (Wildman–Crippen LogP) is 4.26. The van der Waals surface area contributed by atoms with Crippen LogP contribution in [0.5, 0.6) is 0 Å². The van der Waals surface area contributed by atoms with E-state index in [2.05, 4.69) is 0 Å². The van der Waals surface area contributed by atoms with Gasteiger partial charge in [0.25, 0.3) is 0 Å². The van der Waals surface area contributed by atoms with Crippen LogP contribution in [0.3, 0.4) is 0 Å². The summed E-state index contributed by atoms with van der Waals surface area (Å²) in [6.45, 7) is 0. The SMILES string of the molecule is N#CC=C(c1ccc2cccccc1-2)C(F)(F)F. The van der Waals surface area contributed by atoms with E-state index in [-0.39, 0.29) is 5.56 Å². The van der Waals surface area contributed by atoms with Gasteiger partial charge in [-0.05, 0) is 16.7 Å². The fourth-order valence-corrected chi connectivity index (χ4v) is 1.83. The second kappa shape index (κ2) is 4.53. The van der Waals surface area contributed by atoms with Crippen molar-refractivity contribution in [3.8, 4) is 17.2 Å². The van der Waals surface area contributed by atoms with Gasteiger partial charge in [-0.2, -0.15) is 18.4 Å². The van der Waals surface area contributed by atoms with Gasteiger partial charge in [0.1, 0.15) is 0 Å². The lowest BCUT2D eigenvalue weighted by Crippen LogP contribution is -2.10. The number of rotatable bonds is 1. The van der Waals surface area contributed by atoms with Gasteiger partial charge in [-0.1, -0.05) is 42.5 Å². The summed E-state index contributed by atoms with van der Waals surface area (Å²) < 4.78 is 38.6. The lowest BCUT2D eigenvalue weighted by atomic mass is 10.0. The first-order valence-electron chi connectivity index (χ1n) is 5.19. The van der Waals surface area contributed by atoms with E-state index in [9.17, 15) is 13.2 Å². The van der Waals surface area contributed by atoms with E-state index in [0.717, 1.165) is 0 Å². The minimum absolute atomic E-state index is 0.0373. The summed E-state index contributed by atoms with van der Waals surface area (Å²) in [7, 11) is 0. The molecule has 0 saturated carbocycles. The predicted molar refractivity (Wildman–Crippen MR) is 62.7 cm³/mol. The Bertz CT molecular complexity index is 605. The minimum Gasteiger partial charge on any atom is -0.193 e. The molecule has 2 aliphatic rings. The third-order valence-electron chi connectivity index (χ3n) is 2.60. The largest absolute Gasteiger partial charge is 0.417 e. The normalized spacial score (nSPS) is 12.4. The first kappa shape index (κ1) is 12.2. The van der Waals surface area contributed by atoms with Crippen molar-refractivity contribution in [2.75, 3.05) is 0 Å². The maximum absolute atomic E-state index is 12.9. The molecule has 0 aromatic heterocycles. The summed E-state index contributed by atoms with van der Waals surface area (Å²) in [5.74, 6) is 0. The first-order chi connectivity index (χ1) is 8.54. The Labute approximate surface area is 102 Å². The average molecular weight is 247 g/mol. The second-order valence-corrected chi connectivity index (χ2v) is 3.71. The second-order valence-electron chi connectivity index (χ2n) is 3.71. The molecule has 0 N–H and O–H groups in total. The van der Waals surface area contributed by atoms with Crippen LogP contribution in [-0.2, 0) is 0 Å². The summed E-state index contributed by atoms with van der Waals surface area (Å²) in [6, 6.07) is 13.0. The summed E-state index contributed by atoms with van der Waals surface area (Å²) in [6.07, 6.45) is -3.99. The fourth-order valence-electron chi connectivity index (χ4n) is 1.83. The fraction of sp³-hybridized carbons (Fsp3) is 0.0714. The van der Waals surface area contributed by atoms with Crippen LogP contribution in [0.25, 0.3) is 16.7 Å². The summed E-state index contributed by atoms with van der Waals surface area (Å²) >= 11 is 0. The molecule has 0 bridgehead atoms. The highest BCUT2D eigenvalue weighted by molar-refractivity contribution is 5.86. The molecule has 90 valence electrons. The lowest BCUT2D eigenvalue weighted by molar-refractivity contribution is -0.0688. The van der Waals surface area contributed by atoms with Crippen molar-refractivity contribution in [3.05, 3.63) is 54.1 Å². The van der Waals surface area contributed by atoms with Crippen LogP contribution in [0.2, 0.25) is 0 Å². The van der Waals surface area contributed by atoms with E-state index in [1.807, 2.05) is 0 Å². The standard InChI is InChI=1S/C14H8F3N/c15-14(16,17)13(8-9-18)12-7-6-10-4-2-1-3-5-11(10)12/h1-8H. The van der Waals surface area contributed by atoms with E-state index in [1.54, 1.807) is 36.4 Å². The molecule has 4 heteroatoms. The van der Waals surface area contributed by atoms with E-state index in [0.29, 0.717) is 17.2 Å². The molecular weight excluding hydrogens is 239 g/mol. The molecule has 0 fully saturated rings. The Morgan fingerprint density at radius 3 is 2.44 bits per heavy atom. The molecule has 0 saturated heterocycles. The van der Waals surface area contributed by atoms with Gasteiger partial charge in [-0.25, -0.2) is 0 Å². The van der Waals surface area contributed by atoms with Crippen LogP contribution in [0.1, 0.15) is 5.56 Å². The smallest absolute Gasteiger partial charge is 0.193 e. The highest BCUT2D eigenvalue weighted by atomic mass is 19.4. The molecule has 0 unspecified atom stereocenters. The molecule has 0 aromatic rings. The Morgan fingerprint density at radius 2 is 1.78 bits per heavy atom. The quantitative estimate of drug-likeness (QED) is 0.690. The first-order valence-corrected chi connectivity index (χ1v) is 5.19. The number of alkyl halides is 3. The average Bonchev–Trinajstić information content (AvgIpc) is 2.54. The van der Waals surface area contributed by atoms with Crippen molar-refractivity contribution in [2.24, 2.45) is 0 Å². The molecule has 0 atom stereocenters. The van der Waals surface area contributed by atoms with Gasteiger partial charge in [0.2, 0.25) is 0 Å². The van der Waals surface area contributed by atoms with E-state index in [1.165, 1.54) is 12.1 Å². The molecule has 0 amide bonds. The zero-order valence-electron chi connectivity index (χ0n) is 9.20. The summed E-state index contributed by atoms with van der Waals surface area (Å²) in [5.41, 5.74) is 0.323. The van der Waals surface area contributed by atoms with Crippen LogP contribution in [-0.4, -0.2) is 6.18 Å². The van der Waals surface area contributed by atoms with E-state index >= 15 is 0 Å². The number of hydrogen-bond acceptors (Lipinski definition) is 1. The summed E-state index contributed by atoms with van der Waals surface area (Å²) in [5, 5.41) is 8.49. The van der Waals surface area contributed by atoms with Gasteiger partial charge in [-0.3, -0.25) is 0 Å². The molecule has 0 heterocycles. The van der Waals surface area contributed by atoms with Crippen molar-refractivity contribution >= 4 is 5.57 Å².